The fourth-order valence-electron chi connectivity index (χ4n) is 3.97. The van der Waals surface area contributed by atoms with E-state index in [0.717, 1.165) is 5.56 Å². The Morgan fingerprint density at radius 2 is 1.78 bits per heavy atom. The minimum Gasteiger partial charge on any atom is -0.495 e. The van der Waals surface area contributed by atoms with E-state index in [9.17, 15) is 18.0 Å². The highest BCUT2D eigenvalue weighted by Crippen LogP contribution is 2.37. The van der Waals surface area contributed by atoms with Crippen LogP contribution in [-0.2, 0) is 21.2 Å². The summed E-state index contributed by atoms with van der Waals surface area (Å²) >= 11 is 12.2. The zero-order valence-corrected chi connectivity index (χ0v) is 21.7. The smallest absolute Gasteiger partial charge is 0.339 e. The molecule has 0 fully saturated rings. The number of methoxy groups -OCH3 is 2. The molecule has 3 aromatic carbocycles. The van der Waals surface area contributed by atoms with Gasteiger partial charge in [-0.25, -0.2) is 13.2 Å². The number of benzene rings is 3. The van der Waals surface area contributed by atoms with Crippen LogP contribution >= 0.6 is 23.2 Å². The molecule has 0 unspecified atom stereocenters. The van der Waals surface area contributed by atoms with Crippen LogP contribution in [0, 0.1) is 0 Å². The molecular formula is C25H22Cl2N2O6S. The van der Waals surface area contributed by atoms with Crippen LogP contribution < -0.4 is 14.4 Å². The van der Waals surface area contributed by atoms with Crippen LogP contribution in [-0.4, -0.2) is 41.1 Å². The summed E-state index contributed by atoms with van der Waals surface area (Å²) in [5.41, 5.74) is 2.00. The van der Waals surface area contributed by atoms with Gasteiger partial charge < -0.3 is 14.8 Å². The first-order chi connectivity index (χ1) is 17.1. The van der Waals surface area contributed by atoms with Crippen molar-refractivity contribution >= 4 is 56.5 Å². The van der Waals surface area contributed by atoms with Gasteiger partial charge in [0.25, 0.3) is 15.9 Å². The standard InChI is InChI=1S/C25H22Cl2N2O6S/c1-34-22-10-7-17(26)13-23(22)36(32,33)29-11-3-4-15-5-6-16(12-21(15)29)24(30)28-18-8-9-19(20(27)14-18)25(31)35-2/h5-10,12-14H,3-4,11H2,1-2H3,(H,28,30). The summed E-state index contributed by atoms with van der Waals surface area (Å²) < 4.78 is 38.5. The molecule has 1 N–H and O–H groups in total. The molecule has 0 aliphatic carbocycles. The average Bonchev–Trinajstić information content (AvgIpc) is 2.87. The predicted molar refractivity (Wildman–Crippen MR) is 138 cm³/mol. The van der Waals surface area contributed by atoms with E-state index in [1.165, 1.54) is 48.9 Å². The predicted octanol–water partition coefficient (Wildman–Crippen LogP) is 5.18. The lowest BCUT2D eigenvalue weighted by molar-refractivity contribution is 0.0601. The van der Waals surface area contributed by atoms with E-state index < -0.39 is 21.9 Å². The lowest BCUT2D eigenvalue weighted by Gasteiger charge is -2.31. The van der Waals surface area contributed by atoms with Gasteiger partial charge in [-0.1, -0.05) is 29.3 Å². The maximum absolute atomic E-state index is 13.6. The van der Waals surface area contributed by atoms with Crippen molar-refractivity contribution in [2.24, 2.45) is 0 Å². The number of amides is 1. The highest BCUT2D eigenvalue weighted by molar-refractivity contribution is 7.93. The first-order valence-corrected chi connectivity index (χ1v) is 13.0. The summed E-state index contributed by atoms with van der Waals surface area (Å²) in [6, 6.07) is 13.7. The van der Waals surface area contributed by atoms with Crippen molar-refractivity contribution in [3.63, 3.8) is 0 Å². The summed E-state index contributed by atoms with van der Waals surface area (Å²) in [6.07, 6.45) is 1.28. The van der Waals surface area contributed by atoms with Gasteiger partial charge in [-0.2, -0.15) is 0 Å². The van der Waals surface area contributed by atoms with Gasteiger partial charge in [0.1, 0.15) is 10.6 Å². The first kappa shape index (κ1) is 25.8. The summed E-state index contributed by atoms with van der Waals surface area (Å²) in [6.45, 7) is 0.237. The normalized spacial score (nSPS) is 13.1. The average molecular weight is 549 g/mol. The molecule has 1 amide bonds. The molecule has 1 heterocycles. The molecule has 1 aliphatic rings. The Morgan fingerprint density at radius 1 is 1.00 bits per heavy atom. The number of carbonyl (C=O) groups is 2. The van der Waals surface area contributed by atoms with Gasteiger partial charge in [-0.3, -0.25) is 9.10 Å². The minimum atomic E-state index is -4.03. The molecular weight excluding hydrogens is 527 g/mol. The zero-order valence-electron chi connectivity index (χ0n) is 19.4. The monoisotopic (exact) mass is 548 g/mol. The minimum absolute atomic E-state index is 0.0551. The molecule has 0 spiro atoms. The summed E-state index contributed by atoms with van der Waals surface area (Å²) in [5.74, 6) is -0.888. The number of nitrogens with zero attached hydrogens (tertiary/aromatic N) is 1. The number of ether oxygens (including phenoxy) is 2. The van der Waals surface area contributed by atoms with Crippen LogP contribution in [0.15, 0.2) is 59.5 Å². The van der Waals surface area contributed by atoms with E-state index in [4.69, 9.17) is 27.9 Å². The van der Waals surface area contributed by atoms with Crippen molar-refractivity contribution < 1.29 is 27.5 Å². The molecule has 3 aromatic rings. The number of nitrogens with one attached hydrogen (secondary N) is 1. The first-order valence-electron chi connectivity index (χ1n) is 10.8. The Kier molecular flexibility index (Phi) is 7.44. The lowest BCUT2D eigenvalue weighted by Crippen LogP contribution is -2.36. The van der Waals surface area contributed by atoms with Crippen molar-refractivity contribution in [2.75, 3.05) is 30.4 Å². The summed E-state index contributed by atoms with van der Waals surface area (Å²) in [4.78, 5) is 24.7. The number of carbonyl (C=O) groups excluding carboxylic acids is 2. The second-order valence-corrected chi connectivity index (χ2v) is 10.6. The number of halogens is 2. The number of hydrogen-bond acceptors (Lipinski definition) is 6. The second kappa shape index (κ2) is 10.4. The summed E-state index contributed by atoms with van der Waals surface area (Å²) in [7, 11) is -1.40. The second-order valence-electron chi connectivity index (χ2n) is 7.96. The molecule has 8 nitrogen and oxygen atoms in total. The maximum atomic E-state index is 13.6. The van der Waals surface area contributed by atoms with Crippen molar-refractivity contribution in [3.8, 4) is 5.75 Å². The number of rotatable bonds is 6. The Balaban J connectivity index is 1.66. The topological polar surface area (TPSA) is 102 Å². The molecule has 0 saturated heterocycles. The molecule has 36 heavy (non-hydrogen) atoms. The highest BCUT2D eigenvalue weighted by Gasteiger charge is 2.32. The van der Waals surface area contributed by atoms with Crippen LogP contribution in [0.4, 0.5) is 11.4 Å². The van der Waals surface area contributed by atoms with Gasteiger partial charge in [-0.15, -0.1) is 0 Å². The van der Waals surface area contributed by atoms with Gasteiger partial charge in [0, 0.05) is 22.8 Å². The van der Waals surface area contributed by atoms with E-state index in [0.29, 0.717) is 24.2 Å². The van der Waals surface area contributed by atoms with Crippen LogP contribution in [0.5, 0.6) is 5.75 Å². The van der Waals surface area contributed by atoms with E-state index in [1.807, 2.05) is 0 Å². The summed E-state index contributed by atoms with van der Waals surface area (Å²) in [5, 5.41) is 3.10. The molecule has 188 valence electrons. The molecule has 0 atom stereocenters. The molecule has 4 rings (SSSR count). The molecule has 1 aliphatic heterocycles. The Hall–Kier alpha value is -3.27. The molecule has 0 saturated carbocycles. The quantitative estimate of drug-likeness (QED) is 0.425. The van der Waals surface area contributed by atoms with Gasteiger partial charge in [0.2, 0.25) is 0 Å². The van der Waals surface area contributed by atoms with Crippen LogP contribution in [0.2, 0.25) is 10.0 Å². The van der Waals surface area contributed by atoms with E-state index >= 15 is 0 Å². The zero-order chi connectivity index (χ0) is 26.0. The fraction of sp³-hybridized carbons (Fsp3) is 0.200. The number of hydrogen-bond donors (Lipinski definition) is 1. The Bertz CT molecular complexity index is 1460. The fourth-order valence-corrected chi connectivity index (χ4v) is 6.19. The largest absolute Gasteiger partial charge is 0.495 e. The third-order valence-corrected chi connectivity index (χ3v) is 8.13. The third kappa shape index (κ3) is 5.00. The molecule has 0 bridgehead atoms. The van der Waals surface area contributed by atoms with Crippen molar-refractivity contribution in [3.05, 3.63) is 81.3 Å². The third-order valence-electron chi connectivity index (χ3n) is 5.75. The van der Waals surface area contributed by atoms with Crippen molar-refractivity contribution in [1.29, 1.82) is 0 Å². The van der Waals surface area contributed by atoms with Crippen LogP contribution in [0.25, 0.3) is 0 Å². The number of fused-ring (bicyclic) bond motifs is 1. The Labute approximate surface area is 218 Å². The van der Waals surface area contributed by atoms with Crippen molar-refractivity contribution in [1.82, 2.24) is 0 Å². The van der Waals surface area contributed by atoms with Crippen LogP contribution in [0.1, 0.15) is 32.7 Å². The highest BCUT2D eigenvalue weighted by atomic mass is 35.5. The number of anilines is 2. The van der Waals surface area contributed by atoms with Gasteiger partial charge >= 0.3 is 5.97 Å². The Morgan fingerprint density at radius 3 is 2.47 bits per heavy atom. The molecule has 0 aromatic heterocycles. The van der Waals surface area contributed by atoms with E-state index in [2.05, 4.69) is 10.1 Å². The number of sulfonamides is 1. The molecule has 11 heteroatoms. The van der Waals surface area contributed by atoms with E-state index in [1.54, 1.807) is 24.3 Å². The molecule has 0 radical (unpaired) electrons. The maximum Gasteiger partial charge on any atom is 0.339 e. The number of esters is 1. The van der Waals surface area contributed by atoms with Crippen molar-refractivity contribution in [2.45, 2.75) is 17.7 Å². The lowest BCUT2D eigenvalue weighted by atomic mass is 10.0. The van der Waals surface area contributed by atoms with E-state index in [-0.39, 0.29) is 38.4 Å². The van der Waals surface area contributed by atoms with Gasteiger partial charge in [0.15, 0.2) is 0 Å². The van der Waals surface area contributed by atoms with Gasteiger partial charge in [0.05, 0.1) is 30.5 Å². The van der Waals surface area contributed by atoms with Gasteiger partial charge in [-0.05, 0) is 66.9 Å². The number of aryl methyl sites for hydroxylation is 1. The SMILES string of the molecule is COC(=O)c1ccc(NC(=O)c2ccc3c(c2)N(S(=O)(=O)c2cc(Cl)ccc2OC)CCC3)cc1Cl. The van der Waals surface area contributed by atoms with Crippen LogP contribution in [0.3, 0.4) is 0 Å².